The normalized spacial score (nSPS) is 20.7. The largest absolute Gasteiger partial charge is 0.460 e. The summed E-state index contributed by atoms with van der Waals surface area (Å²) in [6.45, 7) is 5.84. The molecule has 2 fully saturated rings. The van der Waals surface area contributed by atoms with Gasteiger partial charge in [-0.15, -0.1) is 0 Å². The van der Waals surface area contributed by atoms with Gasteiger partial charge in [-0.25, -0.2) is 9.59 Å². The lowest BCUT2D eigenvalue weighted by Crippen LogP contribution is -2.58. The molecule has 4 rings (SSSR count). The maximum Gasteiger partial charge on any atom is 0.410 e. The van der Waals surface area contributed by atoms with Crippen LogP contribution in [0.2, 0.25) is 0 Å². The Balaban J connectivity index is 1.56. The predicted molar refractivity (Wildman–Crippen MR) is 129 cm³/mol. The molecule has 1 aliphatic carbocycles. The summed E-state index contributed by atoms with van der Waals surface area (Å²) in [5.41, 5.74) is 0.750. The molecule has 1 amide bonds. The van der Waals surface area contributed by atoms with Crippen molar-refractivity contribution >= 4 is 18.0 Å². The van der Waals surface area contributed by atoms with Crippen LogP contribution >= 0.6 is 0 Å². The van der Waals surface area contributed by atoms with Crippen LogP contribution in [0.3, 0.4) is 0 Å². The van der Waals surface area contributed by atoms with Gasteiger partial charge in [-0.3, -0.25) is 9.69 Å². The molecule has 2 aromatic carbocycles. The fourth-order valence-corrected chi connectivity index (χ4v) is 4.53. The molecule has 0 aromatic heterocycles. The van der Waals surface area contributed by atoms with Gasteiger partial charge in [0.05, 0.1) is 5.92 Å². The Hall–Kier alpha value is -3.35. The number of carbonyl (C=O) groups excluding carboxylic acids is 3. The fourth-order valence-electron chi connectivity index (χ4n) is 4.53. The van der Waals surface area contributed by atoms with E-state index in [0.29, 0.717) is 13.0 Å². The van der Waals surface area contributed by atoms with Gasteiger partial charge in [-0.2, -0.15) is 0 Å². The number of piperidine rings is 1. The van der Waals surface area contributed by atoms with E-state index in [1.165, 1.54) is 4.90 Å². The van der Waals surface area contributed by atoms with Crippen LogP contribution in [0.15, 0.2) is 60.7 Å². The van der Waals surface area contributed by atoms with Gasteiger partial charge in [0.25, 0.3) is 0 Å². The highest BCUT2D eigenvalue weighted by Crippen LogP contribution is 2.55. The maximum absolute atomic E-state index is 13.4. The average Bonchev–Trinajstić information content (AvgIpc) is 3.59. The number of esters is 2. The Kier molecular flexibility index (Phi) is 7.15. The topological polar surface area (TPSA) is 82.1 Å². The second-order valence-electron chi connectivity index (χ2n) is 10.6. The number of hydrogen-bond donors (Lipinski definition) is 0. The first-order chi connectivity index (χ1) is 16.7. The van der Waals surface area contributed by atoms with Gasteiger partial charge in [0, 0.05) is 6.54 Å². The standard InChI is InChI=1S/C28H33NO6/c1-27(2,3)35-24(30)22-16-28(14-15-28)19-29(26(32)34-18-21-12-8-5-9-13-21)23(22)25(31)33-17-20-10-6-4-7-11-20/h4-13,22-23H,14-19H2,1-3H3/t22-,23-/m0/s1. The second kappa shape index (κ2) is 10.1. The van der Waals surface area contributed by atoms with Crippen molar-refractivity contribution in [2.24, 2.45) is 11.3 Å². The van der Waals surface area contributed by atoms with Gasteiger partial charge in [-0.1, -0.05) is 60.7 Å². The minimum absolute atomic E-state index is 0.0509. The van der Waals surface area contributed by atoms with Crippen LogP contribution in [0.4, 0.5) is 4.79 Å². The molecule has 2 atom stereocenters. The highest BCUT2D eigenvalue weighted by atomic mass is 16.6. The molecule has 7 heteroatoms. The fraction of sp³-hybridized carbons (Fsp3) is 0.464. The van der Waals surface area contributed by atoms with E-state index in [0.717, 1.165) is 24.0 Å². The van der Waals surface area contributed by atoms with Crippen molar-refractivity contribution in [3.05, 3.63) is 71.8 Å². The molecule has 7 nitrogen and oxygen atoms in total. The number of rotatable bonds is 6. The molecule has 1 saturated heterocycles. The monoisotopic (exact) mass is 479 g/mol. The van der Waals surface area contributed by atoms with Gasteiger partial charge in [0.1, 0.15) is 24.9 Å². The number of carbonyl (C=O) groups is 3. The molecular formula is C28H33NO6. The minimum atomic E-state index is -1.11. The molecule has 0 unspecified atom stereocenters. The number of ether oxygens (including phenoxy) is 3. The highest BCUT2D eigenvalue weighted by Gasteiger charge is 2.58. The zero-order valence-electron chi connectivity index (χ0n) is 20.6. The van der Waals surface area contributed by atoms with Crippen molar-refractivity contribution in [1.29, 1.82) is 0 Å². The van der Waals surface area contributed by atoms with Gasteiger partial charge in [-0.05, 0) is 56.6 Å². The second-order valence-corrected chi connectivity index (χ2v) is 10.6. The summed E-state index contributed by atoms with van der Waals surface area (Å²) in [6.07, 6.45) is 1.63. The molecule has 0 bridgehead atoms. The molecule has 0 N–H and O–H groups in total. The molecule has 1 saturated carbocycles. The smallest absolute Gasteiger partial charge is 0.410 e. The molecular weight excluding hydrogens is 446 g/mol. The number of nitrogens with zero attached hydrogens (tertiary/aromatic N) is 1. The molecule has 2 aromatic rings. The van der Waals surface area contributed by atoms with Crippen LogP contribution in [-0.4, -0.2) is 41.1 Å². The lowest BCUT2D eigenvalue weighted by atomic mass is 9.81. The van der Waals surface area contributed by atoms with Crippen molar-refractivity contribution < 1.29 is 28.6 Å². The third kappa shape index (κ3) is 6.41. The van der Waals surface area contributed by atoms with Crippen molar-refractivity contribution in [2.75, 3.05) is 6.54 Å². The summed E-state index contributed by atoms with van der Waals surface area (Å²) in [6, 6.07) is 17.5. The van der Waals surface area contributed by atoms with E-state index in [4.69, 9.17) is 14.2 Å². The predicted octanol–water partition coefficient (Wildman–Crippen LogP) is 4.88. The van der Waals surface area contributed by atoms with Gasteiger partial charge in [0.15, 0.2) is 0 Å². The SMILES string of the molecule is CC(C)(C)OC(=O)[C@H]1CC2(CC2)CN(C(=O)OCc2ccccc2)[C@@H]1C(=O)OCc1ccccc1. The van der Waals surface area contributed by atoms with Crippen LogP contribution in [0, 0.1) is 11.3 Å². The Labute approximate surface area is 206 Å². The summed E-state index contributed by atoms with van der Waals surface area (Å²) in [5, 5.41) is 0. The highest BCUT2D eigenvalue weighted by molar-refractivity contribution is 5.88. The molecule has 186 valence electrons. The van der Waals surface area contributed by atoms with Gasteiger partial charge < -0.3 is 14.2 Å². The third-order valence-electron chi connectivity index (χ3n) is 6.45. The van der Waals surface area contributed by atoms with Crippen LogP contribution in [0.1, 0.15) is 51.2 Å². The van der Waals surface area contributed by atoms with E-state index >= 15 is 0 Å². The first-order valence-corrected chi connectivity index (χ1v) is 12.1. The summed E-state index contributed by atoms with van der Waals surface area (Å²) in [7, 11) is 0. The van der Waals surface area contributed by atoms with Crippen molar-refractivity contribution in [1.82, 2.24) is 4.90 Å². The van der Waals surface area contributed by atoms with Crippen LogP contribution in [0.5, 0.6) is 0 Å². The third-order valence-corrected chi connectivity index (χ3v) is 6.45. The first kappa shape index (κ1) is 24.8. The molecule has 2 aliphatic rings. The maximum atomic E-state index is 13.4. The number of likely N-dealkylation sites (tertiary alicyclic amines) is 1. The molecule has 1 spiro atoms. The van der Waals surface area contributed by atoms with E-state index < -0.39 is 35.6 Å². The molecule has 1 heterocycles. The quantitative estimate of drug-likeness (QED) is 0.434. The first-order valence-electron chi connectivity index (χ1n) is 12.1. The van der Waals surface area contributed by atoms with Crippen molar-refractivity contribution in [3.63, 3.8) is 0 Å². The number of amides is 1. The van der Waals surface area contributed by atoms with Crippen molar-refractivity contribution in [2.45, 2.75) is 64.9 Å². The molecule has 1 aliphatic heterocycles. The van der Waals surface area contributed by atoms with E-state index in [1.807, 2.05) is 60.7 Å². The summed E-state index contributed by atoms with van der Waals surface area (Å²) in [5.74, 6) is -1.94. The van der Waals surface area contributed by atoms with Gasteiger partial charge >= 0.3 is 18.0 Å². The van der Waals surface area contributed by atoms with Crippen LogP contribution in [-0.2, 0) is 37.0 Å². The Morgan fingerprint density at radius 2 is 1.40 bits per heavy atom. The number of benzene rings is 2. The summed E-state index contributed by atoms with van der Waals surface area (Å²) in [4.78, 5) is 41.3. The Bertz CT molecular complexity index is 1040. The van der Waals surface area contributed by atoms with Crippen molar-refractivity contribution in [3.8, 4) is 0 Å². The zero-order chi connectivity index (χ0) is 25.1. The van der Waals surface area contributed by atoms with E-state index in [1.54, 1.807) is 20.8 Å². The van der Waals surface area contributed by atoms with Crippen LogP contribution in [0.25, 0.3) is 0 Å². The van der Waals surface area contributed by atoms with Gasteiger partial charge in [0.2, 0.25) is 0 Å². The van der Waals surface area contributed by atoms with E-state index in [9.17, 15) is 14.4 Å². The summed E-state index contributed by atoms with van der Waals surface area (Å²) < 4.78 is 16.9. The van der Waals surface area contributed by atoms with Crippen LogP contribution < -0.4 is 0 Å². The molecule has 35 heavy (non-hydrogen) atoms. The Morgan fingerprint density at radius 3 is 1.91 bits per heavy atom. The summed E-state index contributed by atoms with van der Waals surface area (Å²) >= 11 is 0. The minimum Gasteiger partial charge on any atom is -0.460 e. The molecule has 0 radical (unpaired) electrons. The lowest BCUT2D eigenvalue weighted by molar-refractivity contribution is -0.173. The zero-order valence-corrected chi connectivity index (χ0v) is 20.6. The van der Waals surface area contributed by atoms with E-state index in [2.05, 4.69) is 0 Å². The average molecular weight is 480 g/mol. The van der Waals surface area contributed by atoms with E-state index in [-0.39, 0.29) is 18.6 Å². The number of hydrogen-bond acceptors (Lipinski definition) is 6. The lowest BCUT2D eigenvalue weighted by Gasteiger charge is -2.42. The Morgan fingerprint density at radius 1 is 0.857 bits per heavy atom.